The molecule has 5 fully saturated rings. The van der Waals surface area contributed by atoms with Crippen molar-refractivity contribution in [2.45, 2.75) is 106 Å². The zero-order valence-corrected chi connectivity index (χ0v) is 33.7. The molecule has 0 saturated carbocycles. The van der Waals surface area contributed by atoms with Crippen LogP contribution in [0.5, 0.6) is 0 Å². The van der Waals surface area contributed by atoms with E-state index in [1.807, 2.05) is 6.26 Å². The van der Waals surface area contributed by atoms with Gasteiger partial charge in [-0.15, -0.1) is 0 Å². The quantitative estimate of drug-likeness (QED) is 0.0699. The first-order chi connectivity index (χ1) is 28.1. The summed E-state index contributed by atoms with van der Waals surface area (Å²) in [6, 6.07) is -5.86. The van der Waals surface area contributed by atoms with Gasteiger partial charge in [0.15, 0.2) is 0 Å². The van der Waals surface area contributed by atoms with Gasteiger partial charge < -0.3 is 66.6 Å². The summed E-state index contributed by atoms with van der Waals surface area (Å²) in [4.78, 5) is 122. The summed E-state index contributed by atoms with van der Waals surface area (Å²) in [6.45, 7) is -1.52. The van der Waals surface area contributed by atoms with Crippen LogP contribution in [0.15, 0.2) is 0 Å². The fourth-order valence-electron chi connectivity index (χ4n) is 8.38. The maximum atomic E-state index is 13.9. The standard InChI is InChI=1S/C36H55N9O13S/c1-59-9-6-22(41-32(54)23-10-19(46)13-37-23)31(53)38-14-28(49)44-17-20(47)11-26(44)35(57)42-7-2-4-24(42)33(55)39-15-29(50)45-18-21(48)12-27(45)36(58)43-8-3-5-25(43)34(56)40-16-30(51)52/h19-27,37,46-48H,2-18H2,1H3,(H,38,53)(H,39,55)(H,40,56)(H,41,54)(H,51,52)/t19-,20-,21-,22+,23+,24+,25+,26+,27+/m1/s1. The zero-order valence-electron chi connectivity index (χ0n) is 32.9. The lowest BCUT2D eigenvalue weighted by molar-refractivity contribution is -0.148. The van der Waals surface area contributed by atoms with Crippen LogP contribution in [0, 0.1) is 0 Å². The first-order valence-corrected chi connectivity index (χ1v) is 21.3. The summed E-state index contributed by atoms with van der Waals surface area (Å²) in [5.41, 5.74) is 0. The molecule has 0 unspecified atom stereocenters. The molecule has 5 aliphatic heterocycles. The molecule has 9 atom stereocenters. The summed E-state index contributed by atoms with van der Waals surface area (Å²) in [6.07, 6.45) is 0.744. The third-order valence-corrected chi connectivity index (χ3v) is 12.0. The highest BCUT2D eigenvalue weighted by Crippen LogP contribution is 2.27. The summed E-state index contributed by atoms with van der Waals surface area (Å²) in [5, 5.41) is 52.5. The van der Waals surface area contributed by atoms with Crippen molar-refractivity contribution in [1.82, 2.24) is 46.2 Å². The summed E-state index contributed by atoms with van der Waals surface area (Å²) in [5.74, 6) is -5.62. The molecular formula is C36H55N9O13S. The van der Waals surface area contributed by atoms with Gasteiger partial charge in [-0.05, 0) is 50.5 Å². The number of rotatable bonds is 16. The van der Waals surface area contributed by atoms with Crippen LogP contribution in [-0.4, -0.2) is 212 Å². The number of carboxylic acid groups (broad SMARTS) is 1. The number of hydrogen-bond acceptors (Lipinski definition) is 14. The molecule has 0 aromatic rings. The van der Waals surface area contributed by atoms with Crippen molar-refractivity contribution in [2.75, 3.05) is 64.4 Å². The van der Waals surface area contributed by atoms with E-state index in [2.05, 4.69) is 26.6 Å². The van der Waals surface area contributed by atoms with Crippen LogP contribution in [0.2, 0.25) is 0 Å². The number of carbonyl (C=O) groups is 9. The monoisotopic (exact) mass is 853 g/mol. The molecule has 0 bridgehead atoms. The number of aliphatic hydroxyl groups excluding tert-OH is 3. The Morgan fingerprint density at radius 3 is 1.64 bits per heavy atom. The van der Waals surface area contributed by atoms with Crippen LogP contribution in [0.1, 0.15) is 51.4 Å². The Labute approximate surface area is 344 Å². The van der Waals surface area contributed by atoms with E-state index in [4.69, 9.17) is 5.11 Å². The Balaban J connectivity index is 1.14. The number of nitrogens with one attached hydrogen (secondary N) is 5. The lowest BCUT2D eigenvalue weighted by atomic mass is 10.1. The molecule has 59 heavy (non-hydrogen) atoms. The minimum atomic E-state index is -1.25. The fourth-order valence-corrected chi connectivity index (χ4v) is 8.85. The fraction of sp³-hybridized carbons (Fsp3) is 0.750. The Bertz CT molecular complexity index is 1640. The van der Waals surface area contributed by atoms with E-state index in [-0.39, 0.29) is 64.8 Å². The highest BCUT2D eigenvalue weighted by molar-refractivity contribution is 7.98. The molecule has 5 saturated heterocycles. The van der Waals surface area contributed by atoms with E-state index in [1.54, 1.807) is 0 Å². The second-order valence-corrected chi connectivity index (χ2v) is 16.5. The number of β-amino-alcohol motifs (C(OH)–C–C–N with tert-alkyl or cyclic N) is 3. The first-order valence-electron chi connectivity index (χ1n) is 19.9. The first kappa shape index (κ1) is 45.5. The Kier molecular flexibility index (Phi) is 15.9. The normalized spacial score (nSPS) is 28.3. The minimum Gasteiger partial charge on any atom is -0.480 e. The zero-order chi connectivity index (χ0) is 43.0. The largest absolute Gasteiger partial charge is 0.480 e. The lowest BCUT2D eigenvalue weighted by Gasteiger charge is -2.32. The number of carbonyl (C=O) groups excluding carboxylic acids is 8. The Morgan fingerprint density at radius 2 is 1.17 bits per heavy atom. The Hall–Kier alpha value is -4.58. The molecule has 0 aromatic carbocycles. The second kappa shape index (κ2) is 20.6. The smallest absolute Gasteiger partial charge is 0.322 e. The maximum absolute atomic E-state index is 13.9. The number of nitrogens with zero attached hydrogens (tertiary/aromatic N) is 4. The van der Waals surface area contributed by atoms with Gasteiger partial charge in [0.25, 0.3) is 0 Å². The number of carboxylic acids is 1. The van der Waals surface area contributed by atoms with E-state index < -0.39 is 127 Å². The average molecular weight is 854 g/mol. The van der Waals surface area contributed by atoms with Gasteiger partial charge in [0, 0.05) is 45.6 Å². The van der Waals surface area contributed by atoms with Crippen LogP contribution >= 0.6 is 11.8 Å². The number of likely N-dealkylation sites (tertiary alicyclic amines) is 4. The molecule has 8 amide bonds. The van der Waals surface area contributed by atoms with Crippen molar-refractivity contribution in [3.63, 3.8) is 0 Å². The Morgan fingerprint density at radius 1 is 0.661 bits per heavy atom. The van der Waals surface area contributed by atoms with Gasteiger partial charge in [-0.3, -0.25) is 43.2 Å². The van der Waals surface area contributed by atoms with E-state index in [9.17, 15) is 58.5 Å². The molecule has 5 heterocycles. The second-order valence-electron chi connectivity index (χ2n) is 15.5. The third kappa shape index (κ3) is 11.4. The van der Waals surface area contributed by atoms with Gasteiger partial charge >= 0.3 is 5.97 Å². The number of aliphatic hydroxyl groups is 3. The maximum Gasteiger partial charge on any atom is 0.322 e. The summed E-state index contributed by atoms with van der Waals surface area (Å²) < 4.78 is 0. The number of hydrogen-bond donors (Lipinski definition) is 9. The van der Waals surface area contributed by atoms with Crippen LogP contribution in [0.4, 0.5) is 0 Å². The van der Waals surface area contributed by atoms with Gasteiger partial charge in [-0.1, -0.05) is 0 Å². The topological polar surface area (TPSA) is 308 Å². The number of aliphatic carboxylic acids is 1. The molecule has 22 nitrogen and oxygen atoms in total. The predicted molar refractivity (Wildman–Crippen MR) is 206 cm³/mol. The van der Waals surface area contributed by atoms with Crippen molar-refractivity contribution < 1.29 is 63.6 Å². The third-order valence-electron chi connectivity index (χ3n) is 11.4. The minimum absolute atomic E-state index is 0.103. The van der Waals surface area contributed by atoms with E-state index in [1.165, 1.54) is 21.6 Å². The molecule has 328 valence electrons. The lowest BCUT2D eigenvalue weighted by Crippen LogP contribution is -2.56. The van der Waals surface area contributed by atoms with Crippen LogP contribution in [0.25, 0.3) is 0 Å². The molecular weight excluding hydrogens is 799 g/mol. The van der Waals surface area contributed by atoms with Crippen molar-refractivity contribution in [3.05, 3.63) is 0 Å². The highest BCUT2D eigenvalue weighted by Gasteiger charge is 2.47. The van der Waals surface area contributed by atoms with Crippen LogP contribution in [-0.2, 0) is 43.2 Å². The van der Waals surface area contributed by atoms with Gasteiger partial charge in [0.2, 0.25) is 47.3 Å². The summed E-state index contributed by atoms with van der Waals surface area (Å²) >= 11 is 1.46. The average Bonchev–Trinajstić information content (AvgIpc) is 4.06. The van der Waals surface area contributed by atoms with Crippen molar-refractivity contribution in [2.24, 2.45) is 0 Å². The van der Waals surface area contributed by atoms with Crippen molar-refractivity contribution >= 4 is 65.0 Å². The molecule has 9 N–H and O–H groups in total. The molecule has 0 spiro atoms. The van der Waals surface area contributed by atoms with Gasteiger partial charge in [-0.2, -0.15) is 11.8 Å². The molecule has 23 heteroatoms. The van der Waals surface area contributed by atoms with E-state index in [0.29, 0.717) is 25.0 Å². The van der Waals surface area contributed by atoms with Gasteiger partial charge in [0.1, 0.15) is 36.8 Å². The number of amides is 8. The number of thioether (sulfide) groups is 1. The summed E-state index contributed by atoms with van der Waals surface area (Å²) in [7, 11) is 0. The molecule has 5 rings (SSSR count). The molecule has 0 aromatic heterocycles. The van der Waals surface area contributed by atoms with E-state index in [0.717, 1.165) is 9.80 Å². The van der Waals surface area contributed by atoms with Crippen molar-refractivity contribution in [1.29, 1.82) is 0 Å². The van der Waals surface area contributed by atoms with Gasteiger partial charge in [-0.25, -0.2) is 0 Å². The van der Waals surface area contributed by atoms with Crippen LogP contribution in [0.3, 0.4) is 0 Å². The van der Waals surface area contributed by atoms with Crippen molar-refractivity contribution in [3.8, 4) is 0 Å². The van der Waals surface area contributed by atoms with Crippen LogP contribution < -0.4 is 26.6 Å². The SMILES string of the molecule is CSCC[C@H](NC(=O)[C@@H]1C[C@@H](O)CN1)C(=O)NCC(=O)N1C[C@H](O)C[C@H]1C(=O)N1CCC[C@H]1C(=O)NCC(=O)N1C[C@H](O)C[C@H]1C(=O)N1CCC[C@H]1C(=O)NCC(=O)O. The molecule has 0 radical (unpaired) electrons. The molecule has 0 aliphatic carbocycles. The van der Waals surface area contributed by atoms with Gasteiger partial charge in [0.05, 0.1) is 37.4 Å². The van der Waals surface area contributed by atoms with E-state index >= 15 is 0 Å². The molecule has 5 aliphatic rings. The highest BCUT2D eigenvalue weighted by atomic mass is 32.2. The predicted octanol–water partition coefficient (Wildman–Crippen LogP) is -5.71.